The lowest BCUT2D eigenvalue weighted by Gasteiger charge is -2.17. The van der Waals surface area contributed by atoms with E-state index in [-0.39, 0.29) is 18.2 Å². The molecule has 0 saturated carbocycles. The smallest absolute Gasteiger partial charge is 0.343 e. The molecule has 1 fully saturated rings. The first-order chi connectivity index (χ1) is 9.95. The Morgan fingerprint density at radius 2 is 1.95 bits per heavy atom. The van der Waals surface area contributed by atoms with Gasteiger partial charge in [0.15, 0.2) is 5.82 Å². The molecule has 0 aliphatic carbocycles. The van der Waals surface area contributed by atoms with Gasteiger partial charge in [-0.1, -0.05) is 5.16 Å². The Bertz CT molecular complexity index is 638. The molecule has 110 valence electrons. The van der Waals surface area contributed by atoms with Crippen molar-refractivity contribution < 1.29 is 22.5 Å². The number of nitrogens with zero attached hydrogens (tertiary/aromatic N) is 3. The summed E-state index contributed by atoms with van der Waals surface area (Å²) in [6.07, 6.45) is -3.00. The highest BCUT2D eigenvalue weighted by Crippen LogP contribution is 2.33. The molecular formula is C13H10F3N3O2. The Labute approximate surface area is 117 Å². The molecule has 1 aromatic carbocycles. The summed E-state index contributed by atoms with van der Waals surface area (Å²) in [6, 6.07) is 4.51. The summed E-state index contributed by atoms with van der Waals surface area (Å²) in [5.74, 6) is 0.0425. The number of alkyl halides is 3. The largest absolute Gasteiger partial charge is 0.416 e. The van der Waals surface area contributed by atoms with E-state index in [9.17, 15) is 18.0 Å². The summed E-state index contributed by atoms with van der Waals surface area (Å²) >= 11 is 0. The Hall–Kier alpha value is -2.38. The van der Waals surface area contributed by atoms with Gasteiger partial charge in [0.25, 0.3) is 0 Å². The lowest BCUT2D eigenvalue weighted by Crippen LogP contribution is -2.24. The third kappa shape index (κ3) is 2.61. The predicted molar refractivity (Wildman–Crippen MR) is 65.5 cm³/mol. The summed E-state index contributed by atoms with van der Waals surface area (Å²) in [6.45, 7) is 0.323. The quantitative estimate of drug-likeness (QED) is 0.855. The van der Waals surface area contributed by atoms with Crippen LogP contribution in [0.25, 0.3) is 0 Å². The van der Waals surface area contributed by atoms with E-state index < -0.39 is 11.7 Å². The first-order valence-corrected chi connectivity index (χ1v) is 6.19. The molecule has 1 aromatic heterocycles. The van der Waals surface area contributed by atoms with Gasteiger partial charge in [-0.2, -0.15) is 18.2 Å². The van der Waals surface area contributed by atoms with Crippen molar-refractivity contribution in [2.75, 3.05) is 11.4 Å². The fourth-order valence-electron chi connectivity index (χ4n) is 2.32. The molecule has 3 rings (SSSR count). The minimum absolute atomic E-state index is 0.176. The molecular weight excluding hydrogens is 287 g/mol. The lowest BCUT2D eigenvalue weighted by atomic mass is 10.1. The van der Waals surface area contributed by atoms with Crippen molar-refractivity contribution in [3.05, 3.63) is 42.0 Å². The van der Waals surface area contributed by atoms with Gasteiger partial charge in [-0.25, -0.2) is 0 Å². The second-order valence-corrected chi connectivity index (χ2v) is 4.74. The molecule has 2 heterocycles. The zero-order valence-electron chi connectivity index (χ0n) is 10.7. The number of halogens is 3. The minimum Gasteiger partial charge on any atom is -0.343 e. The van der Waals surface area contributed by atoms with Crippen molar-refractivity contribution in [2.45, 2.75) is 18.5 Å². The molecule has 1 unspecified atom stereocenters. The molecule has 0 N–H and O–H groups in total. The van der Waals surface area contributed by atoms with Gasteiger partial charge in [-0.3, -0.25) is 4.79 Å². The molecule has 1 aliphatic rings. The maximum Gasteiger partial charge on any atom is 0.416 e. The number of benzene rings is 1. The van der Waals surface area contributed by atoms with Crippen LogP contribution in [0.4, 0.5) is 18.9 Å². The monoisotopic (exact) mass is 297 g/mol. The van der Waals surface area contributed by atoms with Gasteiger partial charge in [0.1, 0.15) is 0 Å². The molecule has 5 nitrogen and oxygen atoms in total. The van der Waals surface area contributed by atoms with Crippen molar-refractivity contribution in [1.29, 1.82) is 0 Å². The lowest BCUT2D eigenvalue weighted by molar-refractivity contribution is -0.137. The molecule has 1 saturated heterocycles. The Morgan fingerprint density at radius 1 is 1.24 bits per heavy atom. The topological polar surface area (TPSA) is 59.2 Å². The van der Waals surface area contributed by atoms with Gasteiger partial charge in [0.2, 0.25) is 12.3 Å². The zero-order valence-corrected chi connectivity index (χ0v) is 10.7. The van der Waals surface area contributed by atoms with Crippen LogP contribution in [0, 0.1) is 0 Å². The molecule has 2 aromatic rings. The standard InChI is InChI=1S/C13H10F3N3O2/c14-13(15,16)9-1-3-10(4-2-9)19-6-8(5-11(19)20)12-17-7-21-18-12/h1-4,7-8H,5-6H2. The number of rotatable bonds is 2. The minimum atomic E-state index is -4.39. The van der Waals surface area contributed by atoms with Crippen molar-refractivity contribution in [3.8, 4) is 0 Å². The number of amides is 1. The van der Waals surface area contributed by atoms with E-state index in [1.54, 1.807) is 0 Å². The summed E-state index contributed by atoms with van der Waals surface area (Å²) in [7, 11) is 0. The molecule has 8 heteroatoms. The van der Waals surface area contributed by atoms with Crippen LogP contribution in [0.1, 0.15) is 23.7 Å². The van der Waals surface area contributed by atoms with E-state index in [0.717, 1.165) is 12.1 Å². The third-order valence-corrected chi connectivity index (χ3v) is 3.37. The number of anilines is 1. The number of carbonyl (C=O) groups excluding carboxylic acids is 1. The Kier molecular flexibility index (Phi) is 3.15. The van der Waals surface area contributed by atoms with Crippen LogP contribution in [0.3, 0.4) is 0 Å². The van der Waals surface area contributed by atoms with Crippen molar-refractivity contribution in [2.24, 2.45) is 0 Å². The summed E-state index contributed by atoms with van der Waals surface area (Å²) < 4.78 is 42.2. The van der Waals surface area contributed by atoms with E-state index in [2.05, 4.69) is 14.7 Å². The van der Waals surface area contributed by atoms with Gasteiger partial charge in [-0.15, -0.1) is 0 Å². The van der Waals surface area contributed by atoms with Crippen LogP contribution in [0.15, 0.2) is 35.2 Å². The zero-order chi connectivity index (χ0) is 15.0. The Balaban J connectivity index is 1.80. The predicted octanol–water partition coefficient (Wildman–Crippen LogP) is 2.61. The van der Waals surface area contributed by atoms with E-state index in [1.807, 2.05) is 0 Å². The molecule has 0 bridgehead atoms. The summed E-state index contributed by atoms with van der Waals surface area (Å²) in [4.78, 5) is 17.3. The van der Waals surface area contributed by atoms with Crippen molar-refractivity contribution in [1.82, 2.24) is 10.1 Å². The van der Waals surface area contributed by atoms with Gasteiger partial charge in [-0.05, 0) is 24.3 Å². The second-order valence-electron chi connectivity index (χ2n) is 4.74. The van der Waals surface area contributed by atoms with E-state index in [1.165, 1.54) is 23.4 Å². The number of aromatic nitrogens is 2. The summed E-state index contributed by atoms with van der Waals surface area (Å²) in [5, 5.41) is 3.69. The maximum atomic E-state index is 12.5. The van der Waals surface area contributed by atoms with Gasteiger partial charge < -0.3 is 9.42 Å². The highest BCUT2D eigenvalue weighted by Gasteiger charge is 2.35. The first kappa shape index (κ1) is 13.6. The van der Waals surface area contributed by atoms with E-state index in [4.69, 9.17) is 0 Å². The SMILES string of the molecule is O=C1CC(c2ncon2)CN1c1ccc(C(F)(F)F)cc1. The van der Waals surface area contributed by atoms with Crippen LogP contribution in [-0.4, -0.2) is 22.6 Å². The second kappa shape index (κ2) is 4.87. The van der Waals surface area contributed by atoms with Gasteiger partial charge in [0, 0.05) is 24.6 Å². The Morgan fingerprint density at radius 3 is 2.52 bits per heavy atom. The van der Waals surface area contributed by atoms with Crippen molar-refractivity contribution >= 4 is 11.6 Å². The van der Waals surface area contributed by atoms with E-state index in [0.29, 0.717) is 18.1 Å². The molecule has 0 spiro atoms. The number of hydrogen-bond acceptors (Lipinski definition) is 4. The van der Waals surface area contributed by atoms with Crippen LogP contribution in [-0.2, 0) is 11.0 Å². The highest BCUT2D eigenvalue weighted by atomic mass is 19.4. The third-order valence-electron chi connectivity index (χ3n) is 3.37. The average Bonchev–Trinajstić information content (AvgIpc) is 3.07. The highest BCUT2D eigenvalue weighted by molar-refractivity contribution is 5.96. The summed E-state index contributed by atoms with van der Waals surface area (Å²) in [5.41, 5.74) is -0.313. The molecule has 0 radical (unpaired) electrons. The average molecular weight is 297 g/mol. The molecule has 1 aliphatic heterocycles. The fraction of sp³-hybridized carbons (Fsp3) is 0.308. The van der Waals surface area contributed by atoms with Crippen LogP contribution < -0.4 is 4.90 Å². The van der Waals surface area contributed by atoms with E-state index >= 15 is 0 Å². The van der Waals surface area contributed by atoms with Crippen LogP contribution in [0.2, 0.25) is 0 Å². The molecule has 1 amide bonds. The van der Waals surface area contributed by atoms with Crippen molar-refractivity contribution in [3.63, 3.8) is 0 Å². The van der Waals surface area contributed by atoms with Gasteiger partial charge in [0.05, 0.1) is 5.56 Å². The maximum absolute atomic E-state index is 12.5. The molecule has 21 heavy (non-hydrogen) atoms. The van der Waals surface area contributed by atoms with Crippen LogP contribution in [0.5, 0.6) is 0 Å². The number of hydrogen-bond donors (Lipinski definition) is 0. The molecule has 1 atom stereocenters. The van der Waals surface area contributed by atoms with Gasteiger partial charge >= 0.3 is 6.18 Å². The van der Waals surface area contributed by atoms with Crippen LogP contribution >= 0.6 is 0 Å². The fourth-order valence-corrected chi connectivity index (χ4v) is 2.32. The first-order valence-electron chi connectivity index (χ1n) is 6.19. The normalized spacial score (nSPS) is 19.3. The number of carbonyl (C=O) groups is 1.